The largest absolute Gasteiger partial charge is 0.503 e. The summed E-state index contributed by atoms with van der Waals surface area (Å²) in [6.45, 7) is 4.40. The Balaban J connectivity index is 2.98. The highest BCUT2D eigenvalue weighted by Crippen LogP contribution is 2.32. The molecule has 0 bridgehead atoms. The smallest absolute Gasteiger partial charge is 0.490 e. The highest BCUT2D eigenvalue weighted by atomic mass is 28.4. The summed E-state index contributed by atoms with van der Waals surface area (Å²) in [6.07, 6.45) is 2.36. The zero-order chi connectivity index (χ0) is 16.6. The van der Waals surface area contributed by atoms with Crippen LogP contribution in [-0.4, -0.2) is 36.7 Å². The van der Waals surface area contributed by atoms with Crippen LogP contribution in [0.3, 0.4) is 0 Å². The first-order valence-corrected chi connectivity index (χ1v) is 8.84. The van der Waals surface area contributed by atoms with Crippen LogP contribution in [0.15, 0.2) is 18.2 Å². The van der Waals surface area contributed by atoms with Crippen molar-refractivity contribution in [3.8, 4) is 17.8 Å². The van der Waals surface area contributed by atoms with Crippen LogP contribution in [0.4, 0.5) is 0 Å². The molecule has 1 rings (SSSR count). The van der Waals surface area contributed by atoms with E-state index in [4.69, 9.17) is 28.0 Å². The molecule has 1 unspecified atom stereocenters. The first kappa shape index (κ1) is 18.5. The number of rotatable bonds is 9. The fourth-order valence-electron chi connectivity index (χ4n) is 2.41. The van der Waals surface area contributed by atoms with Gasteiger partial charge in [0.2, 0.25) is 0 Å². The van der Waals surface area contributed by atoms with Gasteiger partial charge in [0, 0.05) is 26.9 Å². The van der Waals surface area contributed by atoms with Crippen LogP contribution in [0.1, 0.15) is 19.4 Å². The van der Waals surface area contributed by atoms with Gasteiger partial charge in [0.05, 0.1) is 6.61 Å². The van der Waals surface area contributed by atoms with Crippen LogP contribution in [0.5, 0.6) is 11.5 Å². The highest BCUT2D eigenvalue weighted by Gasteiger charge is 2.44. The predicted molar refractivity (Wildman–Crippen MR) is 83.8 cm³/mol. The van der Waals surface area contributed by atoms with Crippen molar-refractivity contribution in [2.45, 2.75) is 25.8 Å². The second-order valence-electron chi connectivity index (χ2n) is 4.73. The van der Waals surface area contributed by atoms with E-state index in [1.807, 2.05) is 26.0 Å². The van der Waals surface area contributed by atoms with Gasteiger partial charge < -0.3 is 22.8 Å². The molecule has 0 heterocycles. The van der Waals surface area contributed by atoms with Crippen LogP contribution in [-0.2, 0) is 19.7 Å². The lowest BCUT2D eigenvalue weighted by Gasteiger charge is -2.30. The van der Waals surface area contributed by atoms with Crippen molar-refractivity contribution in [1.82, 2.24) is 0 Å². The molecule has 122 valence electrons. The molecule has 6 nitrogen and oxygen atoms in total. The van der Waals surface area contributed by atoms with E-state index in [0.29, 0.717) is 24.5 Å². The van der Waals surface area contributed by atoms with Crippen molar-refractivity contribution in [2.75, 3.05) is 27.9 Å². The summed E-state index contributed by atoms with van der Waals surface area (Å²) in [7, 11) is 2.11. The number of hydrogen-bond donors (Lipinski definition) is 0. The third-order valence-corrected chi connectivity index (χ3v) is 6.58. The second kappa shape index (κ2) is 8.75. The minimum Gasteiger partial charge on any atom is -0.490 e. The van der Waals surface area contributed by atoms with Crippen LogP contribution in [0, 0.1) is 11.5 Å². The van der Waals surface area contributed by atoms with Crippen LogP contribution < -0.4 is 9.47 Å². The number of nitriles is 1. The van der Waals surface area contributed by atoms with Gasteiger partial charge in [0.1, 0.15) is 0 Å². The molecule has 0 aliphatic carbocycles. The Morgan fingerprint density at radius 3 is 2.27 bits per heavy atom. The summed E-state index contributed by atoms with van der Waals surface area (Å²) in [6, 6.07) is 5.49. The molecule has 0 aromatic heterocycles. The molecule has 0 aliphatic heterocycles. The van der Waals surface area contributed by atoms with E-state index < -0.39 is 8.80 Å². The zero-order valence-electron chi connectivity index (χ0n) is 13.7. The van der Waals surface area contributed by atoms with Crippen molar-refractivity contribution < 1.29 is 22.8 Å². The Kier molecular flexibility index (Phi) is 7.34. The van der Waals surface area contributed by atoms with Crippen LogP contribution in [0.2, 0.25) is 5.54 Å². The number of nitrogens with zero attached hydrogens (tertiary/aromatic N) is 1. The Hall–Kier alpha value is -1.59. The Morgan fingerprint density at radius 1 is 1.14 bits per heavy atom. The van der Waals surface area contributed by atoms with E-state index in [1.165, 1.54) is 0 Å². The lowest BCUT2D eigenvalue weighted by Crippen LogP contribution is -2.47. The van der Waals surface area contributed by atoms with Crippen molar-refractivity contribution in [1.29, 1.82) is 5.26 Å². The van der Waals surface area contributed by atoms with Crippen LogP contribution >= 0.6 is 0 Å². The number of hydrogen-bond acceptors (Lipinski definition) is 6. The van der Waals surface area contributed by atoms with E-state index in [-0.39, 0.29) is 5.54 Å². The quantitative estimate of drug-likeness (QED) is 0.513. The van der Waals surface area contributed by atoms with Crippen molar-refractivity contribution in [3.05, 3.63) is 23.8 Å². The fourth-order valence-corrected chi connectivity index (χ4v) is 4.61. The van der Waals surface area contributed by atoms with Gasteiger partial charge in [-0.05, 0) is 31.0 Å². The van der Waals surface area contributed by atoms with Gasteiger partial charge in [-0.15, -0.1) is 5.26 Å². The highest BCUT2D eigenvalue weighted by molar-refractivity contribution is 6.62. The third kappa shape index (κ3) is 4.21. The average Bonchev–Trinajstić information content (AvgIpc) is 2.52. The SMILES string of the molecule is CCOc1cc(CC(C)[Si](OC)(OC)OC)ccc1OC#N. The maximum absolute atomic E-state index is 8.66. The Labute approximate surface area is 132 Å². The minimum atomic E-state index is -2.69. The van der Waals surface area contributed by atoms with Crippen molar-refractivity contribution in [3.63, 3.8) is 0 Å². The lowest BCUT2D eigenvalue weighted by atomic mass is 10.1. The molecule has 0 saturated carbocycles. The van der Waals surface area contributed by atoms with Gasteiger partial charge in [-0.25, -0.2) is 0 Å². The van der Waals surface area contributed by atoms with E-state index in [2.05, 4.69) is 0 Å². The molecule has 1 aromatic rings. The molecule has 0 aliphatic rings. The predicted octanol–water partition coefficient (Wildman–Crippen LogP) is 2.76. The molecule has 0 radical (unpaired) electrons. The summed E-state index contributed by atoms with van der Waals surface area (Å²) >= 11 is 0. The number of benzene rings is 1. The van der Waals surface area contributed by atoms with Crippen LogP contribution in [0.25, 0.3) is 0 Å². The van der Waals surface area contributed by atoms with Gasteiger partial charge in [0.25, 0.3) is 6.26 Å². The topological polar surface area (TPSA) is 69.9 Å². The summed E-state index contributed by atoms with van der Waals surface area (Å²) in [5.74, 6) is 0.961. The standard InChI is InChI=1S/C15H23NO5Si/c1-6-20-15-10-13(7-8-14(15)21-11-16)9-12(2)22(17-3,18-4)19-5/h7-8,10,12H,6,9H2,1-5H3. The van der Waals surface area contributed by atoms with Gasteiger partial charge in [-0.1, -0.05) is 13.0 Å². The summed E-state index contributed by atoms with van der Waals surface area (Å²) in [5.41, 5.74) is 1.11. The first-order chi connectivity index (χ1) is 10.6. The Bertz CT molecular complexity index is 505. The lowest BCUT2D eigenvalue weighted by molar-refractivity contribution is 0.113. The summed E-state index contributed by atoms with van der Waals surface area (Å²) in [5, 5.41) is 8.66. The molecule has 0 N–H and O–H groups in total. The normalized spacial score (nSPS) is 12.5. The maximum Gasteiger partial charge on any atom is 0.503 e. The van der Waals surface area contributed by atoms with E-state index >= 15 is 0 Å². The molecule has 1 atom stereocenters. The van der Waals surface area contributed by atoms with E-state index in [9.17, 15) is 0 Å². The molecule has 0 spiro atoms. The molecule has 7 heteroatoms. The van der Waals surface area contributed by atoms with Gasteiger partial charge in [-0.3, -0.25) is 0 Å². The molecular weight excluding hydrogens is 302 g/mol. The average molecular weight is 325 g/mol. The molecule has 22 heavy (non-hydrogen) atoms. The zero-order valence-corrected chi connectivity index (χ0v) is 14.7. The Morgan fingerprint density at radius 2 is 1.77 bits per heavy atom. The van der Waals surface area contributed by atoms with Crippen molar-refractivity contribution >= 4 is 8.80 Å². The molecule has 0 saturated heterocycles. The van der Waals surface area contributed by atoms with Gasteiger partial charge in [-0.2, -0.15) is 0 Å². The molecule has 1 aromatic carbocycles. The van der Waals surface area contributed by atoms with Gasteiger partial charge in [0.15, 0.2) is 11.5 Å². The second-order valence-corrected chi connectivity index (χ2v) is 8.15. The maximum atomic E-state index is 8.66. The van der Waals surface area contributed by atoms with Gasteiger partial charge >= 0.3 is 8.80 Å². The summed E-state index contributed by atoms with van der Waals surface area (Å²) < 4.78 is 26.9. The molecule has 0 amide bonds. The van der Waals surface area contributed by atoms with Crippen molar-refractivity contribution in [2.24, 2.45) is 0 Å². The monoisotopic (exact) mass is 325 g/mol. The third-order valence-electron chi connectivity index (χ3n) is 3.46. The first-order valence-electron chi connectivity index (χ1n) is 7.03. The minimum absolute atomic E-state index is 0.0738. The summed E-state index contributed by atoms with van der Waals surface area (Å²) in [4.78, 5) is 0. The fraction of sp³-hybridized carbons (Fsp3) is 0.533. The van der Waals surface area contributed by atoms with E-state index in [0.717, 1.165) is 5.56 Å². The molecule has 0 fully saturated rings. The van der Waals surface area contributed by atoms with E-state index in [1.54, 1.807) is 33.7 Å². The molecular formula is C15H23NO5Si. The number of ether oxygens (including phenoxy) is 2.